The van der Waals surface area contributed by atoms with Crippen LogP contribution in [0.4, 0.5) is 29.5 Å². The summed E-state index contributed by atoms with van der Waals surface area (Å²) in [5.41, 5.74) is 0.630. The summed E-state index contributed by atoms with van der Waals surface area (Å²) in [6.07, 6.45) is 2.93. The number of aryl methyl sites for hydroxylation is 1. The van der Waals surface area contributed by atoms with Gasteiger partial charge in [-0.2, -0.15) is 4.98 Å². The number of nitrogens with one attached hydrogen (secondary N) is 3. The lowest BCUT2D eigenvalue weighted by Crippen LogP contribution is -2.45. The van der Waals surface area contributed by atoms with E-state index in [1.54, 1.807) is 111 Å². The number of aromatic amines is 1. The molecule has 20 heteroatoms. The predicted molar refractivity (Wildman–Crippen MR) is 279 cm³/mol. The Bertz CT molecular complexity index is 2960. The number of H-pyrrole nitrogens is 1. The zero-order valence-electron chi connectivity index (χ0n) is 43.5. The maximum absolute atomic E-state index is 15.6. The topological polar surface area (TPSA) is 210 Å². The fourth-order valence-corrected chi connectivity index (χ4v) is 7.75. The molecule has 6 rings (SSSR count). The summed E-state index contributed by atoms with van der Waals surface area (Å²) >= 11 is 6.41. The minimum absolute atomic E-state index is 0.0281. The smallest absolute Gasteiger partial charge is 0.421 e. The summed E-state index contributed by atoms with van der Waals surface area (Å²) in [7, 11) is 0. The first kappa shape index (κ1) is 56.1. The largest absolute Gasteiger partial charge is 0.445 e. The normalized spacial score (nSPS) is 12.7. The molecule has 2 atom stereocenters. The molecule has 74 heavy (non-hydrogen) atoms. The molecule has 0 saturated heterocycles. The van der Waals surface area contributed by atoms with Crippen molar-refractivity contribution in [3.63, 3.8) is 0 Å². The van der Waals surface area contributed by atoms with Crippen molar-refractivity contribution in [3.05, 3.63) is 129 Å². The van der Waals surface area contributed by atoms with Crippen LogP contribution in [0.15, 0.2) is 96.2 Å². The molecule has 0 saturated carbocycles. The van der Waals surface area contributed by atoms with Gasteiger partial charge in [0.2, 0.25) is 5.95 Å². The van der Waals surface area contributed by atoms with Crippen LogP contribution in [0, 0.1) is 5.82 Å². The van der Waals surface area contributed by atoms with Crippen molar-refractivity contribution in [1.29, 1.82) is 0 Å². The van der Waals surface area contributed by atoms with E-state index in [1.807, 2.05) is 37.3 Å². The fourth-order valence-electron chi connectivity index (χ4n) is 7.51. The molecule has 3 N–H and O–H groups in total. The average Bonchev–Trinajstić information content (AvgIpc) is 3.96. The van der Waals surface area contributed by atoms with E-state index in [0.717, 1.165) is 15.7 Å². The number of aromatic nitrogens is 5. The van der Waals surface area contributed by atoms with Crippen LogP contribution in [0.1, 0.15) is 105 Å². The van der Waals surface area contributed by atoms with E-state index in [2.05, 4.69) is 25.6 Å². The van der Waals surface area contributed by atoms with Crippen molar-refractivity contribution in [2.45, 2.75) is 137 Å². The number of fused-ring (bicyclic) bond motifs is 1. The highest BCUT2D eigenvalue weighted by molar-refractivity contribution is 6.31. The lowest BCUT2D eigenvalue weighted by atomic mass is 10.0. The maximum atomic E-state index is 15.6. The summed E-state index contributed by atoms with van der Waals surface area (Å²) in [4.78, 5) is 78.4. The zero-order chi connectivity index (χ0) is 54.0. The monoisotopic (exact) mass is 1040 g/mol. The van der Waals surface area contributed by atoms with E-state index in [-0.39, 0.29) is 60.9 Å². The van der Waals surface area contributed by atoms with Crippen LogP contribution >= 0.6 is 11.6 Å². The van der Waals surface area contributed by atoms with Crippen molar-refractivity contribution in [1.82, 2.24) is 34.7 Å². The van der Waals surface area contributed by atoms with Gasteiger partial charge in [-0.15, -0.1) is 0 Å². The second kappa shape index (κ2) is 24.2. The Morgan fingerprint density at radius 2 is 1.50 bits per heavy atom. The first-order valence-corrected chi connectivity index (χ1v) is 24.7. The Kier molecular flexibility index (Phi) is 18.3. The van der Waals surface area contributed by atoms with E-state index in [0.29, 0.717) is 41.6 Å². The molecule has 0 radical (unpaired) electrons. The van der Waals surface area contributed by atoms with E-state index in [1.165, 1.54) is 21.9 Å². The van der Waals surface area contributed by atoms with Crippen LogP contribution in [0.2, 0.25) is 5.02 Å². The van der Waals surface area contributed by atoms with Gasteiger partial charge in [0.15, 0.2) is 5.82 Å². The summed E-state index contributed by atoms with van der Waals surface area (Å²) in [5.74, 6) is -0.691. The van der Waals surface area contributed by atoms with Crippen molar-refractivity contribution < 1.29 is 47.3 Å². The molecule has 3 aromatic heterocycles. The van der Waals surface area contributed by atoms with E-state index < -0.39 is 58.8 Å². The van der Waals surface area contributed by atoms with E-state index in [9.17, 15) is 24.0 Å². The van der Waals surface area contributed by atoms with Crippen LogP contribution in [0.25, 0.3) is 28.0 Å². The number of rotatable bonds is 18. The van der Waals surface area contributed by atoms with Crippen LogP contribution < -0.4 is 21.2 Å². The van der Waals surface area contributed by atoms with Crippen LogP contribution in [0.5, 0.6) is 0 Å². The summed E-state index contributed by atoms with van der Waals surface area (Å²) in [5, 5.41) is 6.06. The summed E-state index contributed by atoms with van der Waals surface area (Å²) in [6.45, 7) is 17.6. The Balaban J connectivity index is 1.15. The van der Waals surface area contributed by atoms with Gasteiger partial charge < -0.3 is 39.3 Å². The van der Waals surface area contributed by atoms with Gasteiger partial charge in [0, 0.05) is 42.1 Å². The van der Waals surface area contributed by atoms with Crippen LogP contribution in [-0.4, -0.2) is 90.5 Å². The Morgan fingerprint density at radius 3 is 2.18 bits per heavy atom. The molecular formula is C54H66ClFN8O10. The van der Waals surface area contributed by atoms with Gasteiger partial charge >= 0.3 is 30.1 Å². The highest BCUT2D eigenvalue weighted by Crippen LogP contribution is 2.32. The number of hydrogen-bond donors (Lipinski definition) is 3. The predicted octanol–water partition coefficient (Wildman–Crippen LogP) is 11.0. The third-order valence-corrected chi connectivity index (χ3v) is 11.1. The minimum atomic E-state index is -0.915. The molecule has 3 heterocycles. The number of carbonyl (C=O) groups is 4. The molecule has 0 aliphatic heterocycles. The third-order valence-electron chi connectivity index (χ3n) is 10.9. The number of hydrogen-bond acceptors (Lipinski definition) is 12. The molecule has 0 unspecified atom stereocenters. The molecule has 0 spiro atoms. The number of ether oxygens (including phenoxy) is 5. The van der Waals surface area contributed by atoms with Gasteiger partial charge in [-0.05, 0) is 142 Å². The number of carbonyl (C=O) groups excluding carboxylic acids is 4. The molecule has 0 aliphatic rings. The number of benzene rings is 3. The Hall–Kier alpha value is -7.25. The highest BCUT2D eigenvalue weighted by Gasteiger charge is 2.32. The van der Waals surface area contributed by atoms with Crippen molar-refractivity contribution in [2.75, 3.05) is 18.0 Å². The lowest BCUT2D eigenvalue weighted by Gasteiger charge is -2.30. The minimum Gasteiger partial charge on any atom is -0.445 e. The van der Waals surface area contributed by atoms with Crippen LogP contribution in [-0.2, 0) is 43.3 Å². The fraction of sp³-hybridized carbons (Fsp3) is 0.426. The molecule has 3 amide bonds. The van der Waals surface area contributed by atoms with Crippen LogP contribution in [0.3, 0.4) is 0 Å². The highest BCUT2D eigenvalue weighted by atomic mass is 35.5. The maximum Gasteiger partial charge on any atom is 0.421 e. The third kappa shape index (κ3) is 16.6. The van der Waals surface area contributed by atoms with Gasteiger partial charge in [-0.3, -0.25) is 4.57 Å². The number of nitrogens with zero attached hydrogens (tertiary/aromatic N) is 5. The molecule has 18 nitrogen and oxygen atoms in total. The molecule has 0 bridgehead atoms. The molecule has 0 aliphatic carbocycles. The molecule has 3 aromatic carbocycles. The Morgan fingerprint density at radius 1 is 0.824 bits per heavy atom. The zero-order valence-corrected chi connectivity index (χ0v) is 44.3. The van der Waals surface area contributed by atoms with Gasteiger partial charge in [-0.1, -0.05) is 54.1 Å². The standard InChI is InChI=1S/C54H66ClFN8O10/c1-34(59-49(67)71-33-35-16-12-11-13-17-35)15-14-18-37-27-41(44(56)42(55)28-37)43-29-38-30-63(47(65)61-45(38)60-43)39-21-19-36(20-22-39)32-70-40(23-24-58-48(66)72-52(2,3)4)31-64(51(69)74-54(8,9)10)46-57-25-26-62(46)50(68)73-53(5,6)7/h11-13,16-17,19-22,25-30,34,40H,14-15,18,23-24,31-33H2,1-10H3,(H,58,66)(H,59,67)(H,60,61,65)/t34-,40+/m0/s1. The second-order valence-electron chi connectivity index (χ2n) is 20.8. The molecule has 396 valence electrons. The van der Waals surface area contributed by atoms with E-state index >= 15 is 4.39 Å². The number of imidazole rings is 1. The average molecular weight is 1040 g/mol. The first-order chi connectivity index (χ1) is 34.8. The van der Waals surface area contributed by atoms with E-state index in [4.69, 9.17) is 35.3 Å². The van der Waals surface area contributed by atoms with Gasteiger partial charge in [0.05, 0.1) is 35.7 Å². The SMILES string of the molecule is C[C@@H](CCCc1cc(Cl)c(F)c(-c2cc3cn(-c4ccc(CO[C@H](CCNC(=O)OC(C)(C)C)CN(C(=O)OC(C)(C)C)c5nccn5C(=O)OC(C)(C)C)cc4)c(=O)nc3[nH]2)c1)NC(=O)OCc1ccccc1. The van der Waals surface area contributed by atoms with Gasteiger partial charge in [0.1, 0.15) is 29.1 Å². The van der Waals surface area contributed by atoms with Crippen molar-refractivity contribution in [3.8, 4) is 16.9 Å². The number of anilines is 1. The first-order valence-electron chi connectivity index (χ1n) is 24.3. The number of amides is 3. The molecular weight excluding hydrogens is 975 g/mol. The van der Waals surface area contributed by atoms with Crippen molar-refractivity contribution >= 4 is 53.0 Å². The molecule has 6 aromatic rings. The quantitative estimate of drug-likeness (QED) is 0.0687. The van der Waals surface area contributed by atoms with Gasteiger partial charge in [-0.25, -0.2) is 42.8 Å². The number of alkyl carbamates (subject to hydrolysis) is 2. The summed E-state index contributed by atoms with van der Waals surface area (Å²) in [6, 6.07) is 21.2. The molecule has 0 fully saturated rings. The second-order valence-corrected chi connectivity index (χ2v) is 21.2. The summed E-state index contributed by atoms with van der Waals surface area (Å²) < 4.78 is 46.7. The lowest BCUT2D eigenvalue weighted by molar-refractivity contribution is 0.0283. The number of halogens is 2. The van der Waals surface area contributed by atoms with Gasteiger partial charge in [0.25, 0.3) is 0 Å². The van der Waals surface area contributed by atoms with Crippen molar-refractivity contribution in [2.24, 2.45) is 0 Å². The Labute approximate surface area is 434 Å².